The molecule has 1 N–H and O–H groups in total. The zero-order chi connectivity index (χ0) is 10.8. The lowest BCUT2D eigenvalue weighted by Crippen LogP contribution is -2.22. The van der Waals surface area contributed by atoms with Crippen LogP contribution in [0.4, 0.5) is 0 Å². The van der Waals surface area contributed by atoms with E-state index in [2.05, 4.69) is 21.1 Å². The van der Waals surface area contributed by atoms with Gasteiger partial charge in [-0.05, 0) is 25.7 Å². The smallest absolute Gasteiger partial charge is 0.122 e. The van der Waals surface area contributed by atoms with E-state index in [0.29, 0.717) is 6.10 Å². The van der Waals surface area contributed by atoms with Crippen molar-refractivity contribution in [2.24, 2.45) is 0 Å². The zero-order valence-corrected chi connectivity index (χ0v) is 9.56. The second kappa shape index (κ2) is 4.55. The van der Waals surface area contributed by atoms with Crippen LogP contribution in [0.1, 0.15) is 31.5 Å². The Labute approximate surface area is 96.0 Å². The Morgan fingerprint density at radius 2 is 2.38 bits per heavy atom. The van der Waals surface area contributed by atoms with Crippen molar-refractivity contribution in [1.82, 2.24) is 14.9 Å². The predicted molar refractivity (Wildman–Crippen MR) is 61.1 cm³/mol. The van der Waals surface area contributed by atoms with Crippen molar-refractivity contribution in [2.45, 2.75) is 50.9 Å². The standard InChI is InChI=1S/C12H19N3O/c1-2-11(16-7-1)9-15-6-5-13-12(15)8-14-10-3-4-10/h5-6,10-11,14H,1-4,7-9H2. The summed E-state index contributed by atoms with van der Waals surface area (Å²) in [7, 11) is 0. The monoisotopic (exact) mass is 221 g/mol. The van der Waals surface area contributed by atoms with Gasteiger partial charge in [0.15, 0.2) is 0 Å². The van der Waals surface area contributed by atoms with Crippen molar-refractivity contribution < 1.29 is 4.74 Å². The van der Waals surface area contributed by atoms with Crippen LogP contribution in [-0.4, -0.2) is 28.3 Å². The summed E-state index contributed by atoms with van der Waals surface area (Å²) >= 11 is 0. The third kappa shape index (κ3) is 2.44. The zero-order valence-electron chi connectivity index (χ0n) is 9.56. The quantitative estimate of drug-likeness (QED) is 0.815. The first kappa shape index (κ1) is 10.3. The maximum Gasteiger partial charge on any atom is 0.122 e. The van der Waals surface area contributed by atoms with E-state index in [4.69, 9.17) is 4.74 Å². The van der Waals surface area contributed by atoms with E-state index in [9.17, 15) is 0 Å². The first-order chi connectivity index (χ1) is 7.92. The minimum atomic E-state index is 0.397. The molecular weight excluding hydrogens is 202 g/mol. The summed E-state index contributed by atoms with van der Waals surface area (Å²) in [6.07, 6.45) is 9.39. The van der Waals surface area contributed by atoms with E-state index in [1.807, 2.05) is 6.20 Å². The molecule has 4 heteroatoms. The highest BCUT2D eigenvalue weighted by atomic mass is 16.5. The third-order valence-electron chi connectivity index (χ3n) is 3.35. The Morgan fingerprint density at radius 1 is 1.44 bits per heavy atom. The molecule has 16 heavy (non-hydrogen) atoms. The Kier molecular flexibility index (Phi) is 2.93. The Hall–Kier alpha value is -0.870. The average molecular weight is 221 g/mol. The van der Waals surface area contributed by atoms with Crippen LogP contribution >= 0.6 is 0 Å². The Balaban J connectivity index is 1.57. The minimum Gasteiger partial charge on any atom is -0.376 e. The number of rotatable bonds is 5. The average Bonchev–Trinajstić information content (AvgIpc) is 2.79. The highest BCUT2D eigenvalue weighted by molar-refractivity contribution is 4.95. The van der Waals surface area contributed by atoms with Crippen molar-refractivity contribution in [3.8, 4) is 0 Å². The largest absolute Gasteiger partial charge is 0.376 e. The van der Waals surface area contributed by atoms with Crippen LogP contribution in [0, 0.1) is 0 Å². The van der Waals surface area contributed by atoms with Crippen molar-refractivity contribution in [1.29, 1.82) is 0 Å². The topological polar surface area (TPSA) is 39.1 Å². The van der Waals surface area contributed by atoms with Crippen LogP contribution < -0.4 is 5.32 Å². The molecule has 2 aliphatic rings. The van der Waals surface area contributed by atoms with Gasteiger partial charge in [-0.25, -0.2) is 4.98 Å². The molecule has 1 saturated carbocycles. The van der Waals surface area contributed by atoms with Gasteiger partial charge in [-0.15, -0.1) is 0 Å². The van der Waals surface area contributed by atoms with E-state index in [-0.39, 0.29) is 0 Å². The molecule has 3 rings (SSSR count). The van der Waals surface area contributed by atoms with Gasteiger partial charge in [-0.1, -0.05) is 0 Å². The van der Waals surface area contributed by atoms with Crippen molar-refractivity contribution in [3.63, 3.8) is 0 Å². The molecule has 4 nitrogen and oxygen atoms in total. The summed E-state index contributed by atoms with van der Waals surface area (Å²) < 4.78 is 7.88. The highest BCUT2D eigenvalue weighted by Gasteiger charge is 2.21. The summed E-state index contributed by atoms with van der Waals surface area (Å²) in [5.74, 6) is 1.14. The van der Waals surface area contributed by atoms with Crippen LogP contribution in [0.3, 0.4) is 0 Å². The molecule has 0 aromatic carbocycles. The lowest BCUT2D eigenvalue weighted by molar-refractivity contribution is 0.0962. The van der Waals surface area contributed by atoms with Gasteiger partial charge in [0.2, 0.25) is 0 Å². The number of hydrogen-bond acceptors (Lipinski definition) is 3. The second-order valence-corrected chi connectivity index (χ2v) is 4.79. The summed E-state index contributed by atoms with van der Waals surface area (Å²) in [6.45, 7) is 2.78. The van der Waals surface area contributed by atoms with Gasteiger partial charge in [0, 0.05) is 25.0 Å². The summed E-state index contributed by atoms with van der Waals surface area (Å²) in [4.78, 5) is 4.40. The fourth-order valence-corrected chi connectivity index (χ4v) is 2.20. The van der Waals surface area contributed by atoms with Crippen LogP contribution in [0.5, 0.6) is 0 Å². The van der Waals surface area contributed by atoms with Crippen LogP contribution in [0.2, 0.25) is 0 Å². The molecule has 0 spiro atoms. The number of nitrogens with one attached hydrogen (secondary N) is 1. The maximum absolute atomic E-state index is 5.65. The van der Waals surface area contributed by atoms with E-state index >= 15 is 0 Å². The lowest BCUT2D eigenvalue weighted by atomic mass is 10.2. The van der Waals surface area contributed by atoms with Gasteiger partial charge in [0.25, 0.3) is 0 Å². The molecule has 1 unspecified atom stereocenters. The van der Waals surface area contributed by atoms with Gasteiger partial charge >= 0.3 is 0 Å². The molecule has 2 fully saturated rings. The number of aromatic nitrogens is 2. The molecule has 1 aliphatic heterocycles. The summed E-state index contributed by atoms with van der Waals surface area (Å²) in [5, 5.41) is 3.50. The molecule has 0 bridgehead atoms. The number of nitrogens with zero attached hydrogens (tertiary/aromatic N) is 2. The molecular formula is C12H19N3O. The van der Waals surface area contributed by atoms with E-state index in [1.165, 1.54) is 25.7 Å². The van der Waals surface area contributed by atoms with E-state index in [1.54, 1.807) is 0 Å². The number of imidazole rings is 1. The van der Waals surface area contributed by atoms with Crippen molar-refractivity contribution in [3.05, 3.63) is 18.2 Å². The van der Waals surface area contributed by atoms with Gasteiger partial charge < -0.3 is 14.6 Å². The molecule has 1 aromatic rings. The van der Waals surface area contributed by atoms with Gasteiger partial charge in [0.05, 0.1) is 19.2 Å². The second-order valence-electron chi connectivity index (χ2n) is 4.79. The van der Waals surface area contributed by atoms with Crippen LogP contribution in [0.15, 0.2) is 12.4 Å². The van der Waals surface area contributed by atoms with Gasteiger partial charge in [-0.2, -0.15) is 0 Å². The first-order valence-corrected chi connectivity index (χ1v) is 6.27. The number of hydrogen-bond donors (Lipinski definition) is 1. The Bertz CT molecular complexity index is 340. The van der Waals surface area contributed by atoms with Gasteiger partial charge in [-0.3, -0.25) is 0 Å². The predicted octanol–water partition coefficient (Wildman–Crippen LogP) is 1.31. The van der Waals surface area contributed by atoms with Crippen molar-refractivity contribution >= 4 is 0 Å². The van der Waals surface area contributed by atoms with Crippen molar-refractivity contribution in [2.75, 3.05) is 6.61 Å². The van der Waals surface area contributed by atoms with E-state index in [0.717, 1.165) is 31.6 Å². The molecule has 1 saturated heterocycles. The van der Waals surface area contributed by atoms with Gasteiger partial charge in [0.1, 0.15) is 5.82 Å². The summed E-state index contributed by atoms with van der Waals surface area (Å²) in [6, 6.07) is 0.743. The Morgan fingerprint density at radius 3 is 3.12 bits per heavy atom. The molecule has 1 aliphatic carbocycles. The first-order valence-electron chi connectivity index (χ1n) is 6.27. The van der Waals surface area contributed by atoms with Crippen LogP contribution in [0.25, 0.3) is 0 Å². The molecule has 0 amide bonds. The fourth-order valence-electron chi connectivity index (χ4n) is 2.20. The summed E-state index contributed by atoms with van der Waals surface area (Å²) in [5.41, 5.74) is 0. The minimum absolute atomic E-state index is 0.397. The highest BCUT2D eigenvalue weighted by Crippen LogP contribution is 2.19. The third-order valence-corrected chi connectivity index (χ3v) is 3.35. The van der Waals surface area contributed by atoms with Crippen LogP contribution in [-0.2, 0) is 17.8 Å². The molecule has 1 atom stereocenters. The maximum atomic E-state index is 5.65. The molecule has 0 radical (unpaired) electrons. The normalized spacial score (nSPS) is 25.1. The molecule has 88 valence electrons. The lowest BCUT2D eigenvalue weighted by Gasteiger charge is -2.13. The van der Waals surface area contributed by atoms with E-state index < -0.39 is 0 Å². The molecule has 2 heterocycles. The SMILES string of the molecule is c1cn(CC2CCCO2)c(CNC2CC2)n1. The number of ether oxygens (including phenoxy) is 1. The fraction of sp³-hybridized carbons (Fsp3) is 0.750. The molecule has 1 aromatic heterocycles.